The summed E-state index contributed by atoms with van der Waals surface area (Å²) in [7, 11) is 0. The van der Waals surface area contributed by atoms with Gasteiger partial charge in [0.15, 0.2) is 0 Å². The van der Waals surface area contributed by atoms with Gasteiger partial charge in [-0.1, -0.05) is 64.8 Å². The fraction of sp³-hybridized carbons (Fsp3) is 0.467. The number of hydrogen-bond acceptors (Lipinski definition) is 7. The number of nitrogens with one attached hydrogen (secondary N) is 3. The van der Waals surface area contributed by atoms with Gasteiger partial charge in [-0.05, 0) is 53.6 Å². The molecule has 0 saturated heterocycles. The van der Waals surface area contributed by atoms with E-state index < -0.39 is 47.9 Å². The first-order valence-electron chi connectivity index (χ1n) is 13.8. The second-order valence-electron chi connectivity index (χ2n) is 10.5. The molecule has 6 atom stereocenters. The Labute approximate surface area is 240 Å². The summed E-state index contributed by atoms with van der Waals surface area (Å²) in [6.45, 7) is 7.17. The lowest BCUT2D eigenvalue weighted by molar-refractivity contribution is -0.143. The summed E-state index contributed by atoms with van der Waals surface area (Å²) in [6.07, 6.45) is 1.25. The minimum atomic E-state index is -1.19. The Morgan fingerprint density at radius 1 is 0.683 bits per heavy atom. The van der Waals surface area contributed by atoms with Crippen LogP contribution < -0.4 is 21.7 Å². The molecular weight excluding hydrogens is 528 g/mol. The highest BCUT2D eigenvalue weighted by Gasteiger charge is 2.33. The molecule has 0 aliphatic rings. The first-order valence-corrected chi connectivity index (χ1v) is 13.8. The Morgan fingerprint density at radius 2 is 1.12 bits per heavy atom. The fourth-order valence-electron chi connectivity index (χ4n) is 4.22. The average Bonchev–Trinajstić information content (AvgIpc) is 2.95. The summed E-state index contributed by atoms with van der Waals surface area (Å²) in [4.78, 5) is 51.7. The number of rotatable bonds is 15. The summed E-state index contributed by atoms with van der Waals surface area (Å²) in [5.41, 5.74) is 7.47. The van der Waals surface area contributed by atoms with E-state index in [2.05, 4.69) is 16.0 Å². The van der Waals surface area contributed by atoms with E-state index in [4.69, 9.17) is 5.73 Å². The van der Waals surface area contributed by atoms with Crippen LogP contribution in [0.4, 0.5) is 0 Å². The number of amides is 3. The molecule has 0 aliphatic heterocycles. The molecule has 41 heavy (non-hydrogen) atoms. The van der Waals surface area contributed by atoms with Gasteiger partial charge in [0.05, 0.1) is 6.04 Å². The minimum absolute atomic E-state index is 0.0201. The number of benzene rings is 2. The van der Waals surface area contributed by atoms with Gasteiger partial charge in [-0.15, -0.1) is 0 Å². The zero-order valence-corrected chi connectivity index (χ0v) is 24.0. The molecule has 2 aromatic rings. The number of carboxylic acids is 1. The van der Waals surface area contributed by atoms with Gasteiger partial charge in [0, 0.05) is 6.42 Å². The Kier molecular flexibility index (Phi) is 12.6. The Bertz CT molecular complexity index is 1170. The molecule has 0 spiro atoms. The van der Waals surface area contributed by atoms with Crippen LogP contribution in [0.3, 0.4) is 0 Å². The Balaban J connectivity index is 2.25. The van der Waals surface area contributed by atoms with Crippen LogP contribution in [0, 0.1) is 11.8 Å². The van der Waals surface area contributed by atoms with Gasteiger partial charge in [0.2, 0.25) is 17.7 Å². The normalized spacial score (nSPS) is 15.4. The molecular formula is C30H42N4O7. The largest absolute Gasteiger partial charge is 0.508 e. The summed E-state index contributed by atoms with van der Waals surface area (Å²) in [5, 5.41) is 36.8. The van der Waals surface area contributed by atoms with Gasteiger partial charge in [0.1, 0.15) is 29.6 Å². The third-order valence-electron chi connectivity index (χ3n) is 7.31. The predicted molar refractivity (Wildman–Crippen MR) is 154 cm³/mol. The lowest BCUT2D eigenvalue weighted by atomic mass is 9.95. The number of carboxylic acid groups (broad SMARTS) is 1. The average molecular weight is 571 g/mol. The summed E-state index contributed by atoms with van der Waals surface area (Å²) in [5.74, 6) is -3.59. The van der Waals surface area contributed by atoms with Crippen molar-refractivity contribution in [1.29, 1.82) is 0 Å². The van der Waals surface area contributed by atoms with Gasteiger partial charge in [-0.2, -0.15) is 0 Å². The van der Waals surface area contributed by atoms with Crippen LogP contribution in [-0.2, 0) is 32.0 Å². The standard InChI is InChI=1S/C30H42N4O7/c1-5-17(3)25(33-27(37)23(31)15-19-7-11-21(35)12-8-19)29(39)32-24(16-20-9-13-22(36)14-10-20)28(38)34-26(30(40)41)18(4)6-2/h7-14,17-18,23-26,35-36H,5-6,15-16,31H2,1-4H3,(H,32,39)(H,33,37)(H,34,38)(H,40,41). The molecule has 224 valence electrons. The highest BCUT2D eigenvalue weighted by atomic mass is 16.4. The van der Waals surface area contributed by atoms with E-state index in [9.17, 15) is 34.5 Å². The molecule has 0 fully saturated rings. The molecule has 2 aromatic carbocycles. The van der Waals surface area contributed by atoms with Crippen LogP contribution in [0.15, 0.2) is 48.5 Å². The van der Waals surface area contributed by atoms with E-state index >= 15 is 0 Å². The van der Waals surface area contributed by atoms with Crippen molar-refractivity contribution in [3.8, 4) is 11.5 Å². The molecule has 11 heteroatoms. The van der Waals surface area contributed by atoms with Crippen LogP contribution in [-0.4, -0.2) is 63.2 Å². The monoisotopic (exact) mass is 570 g/mol. The fourth-order valence-corrected chi connectivity index (χ4v) is 4.22. The zero-order chi connectivity index (χ0) is 30.7. The quantitative estimate of drug-likeness (QED) is 0.169. The maximum atomic E-state index is 13.5. The third kappa shape index (κ3) is 10.1. The number of aromatic hydroxyl groups is 2. The van der Waals surface area contributed by atoms with E-state index in [0.717, 1.165) is 5.56 Å². The molecule has 0 aromatic heterocycles. The SMILES string of the molecule is CCC(C)C(NC(=O)C(Cc1ccc(O)cc1)NC(=O)C(NC(=O)C(N)Cc1ccc(O)cc1)C(C)CC)C(=O)O. The Hall–Kier alpha value is -4.12. The van der Waals surface area contributed by atoms with Crippen LogP contribution in [0.2, 0.25) is 0 Å². The Morgan fingerprint density at radius 3 is 1.59 bits per heavy atom. The molecule has 0 saturated carbocycles. The molecule has 3 amide bonds. The number of hydrogen-bond donors (Lipinski definition) is 7. The number of phenolic OH excluding ortho intramolecular Hbond substituents is 2. The van der Waals surface area contributed by atoms with Gasteiger partial charge < -0.3 is 37.0 Å². The molecule has 8 N–H and O–H groups in total. The van der Waals surface area contributed by atoms with E-state index in [-0.39, 0.29) is 36.2 Å². The smallest absolute Gasteiger partial charge is 0.326 e. The van der Waals surface area contributed by atoms with Crippen molar-refractivity contribution >= 4 is 23.7 Å². The molecule has 2 rings (SSSR count). The number of nitrogens with two attached hydrogens (primary N) is 1. The number of carbonyl (C=O) groups is 4. The second kappa shape index (κ2) is 15.6. The van der Waals surface area contributed by atoms with Crippen LogP contribution in [0.25, 0.3) is 0 Å². The summed E-state index contributed by atoms with van der Waals surface area (Å²) in [6, 6.07) is 8.07. The molecule has 0 bridgehead atoms. The van der Waals surface area contributed by atoms with Crippen molar-refractivity contribution in [3.63, 3.8) is 0 Å². The molecule has 11 nitrogen and oxygen atoms in total. The highest BCUT2D eigenvalue weighted by molar-refractivity contribution is 5.94. The van der Waals surface area contributed by atoms with Crippen LogP contribution >= 0.6 is 0 Å². The van der Waals surface area contributed by atoms with E-state index in [1.165, 1.54) is 24.3 Å². The van der Waals surface area contributed by atoms with E-state index in [1.54, 1.807) is 38.1 Å². The molecule has 0 radical (unpaired) electrons. The van der Waals surface area contributed by atoms with Crippen molar-refractivity contribution in [1.82, 2.24) is 16.0 Å². The third-order valence-corrected chi connectivity index (χ3v) is 7.31. The van der Waals surface area contributed by atoms with Gasteiger partial charge in [-0.3, -0.25) is 14.4 Å². The first-order chi connectivity index (χ1) is 19.4. The topological polar surface area (TPSA) is 191 Å². The highest BCUT2D eigenvalue weighted by Crippen LogP contribution is 2.15. The van der Waals surface area contributed by atoms with Gasteiger partial charge in [-0.25, -0.2) is 4.79 Å². The van der Waals surface area contributed by atoms with Crippen molar-refractivity contribution < 1.29 is 34.5 Å². The summed E-state index contributed by atoms with van der Waals surface area (Å²) >= 11 is 0. The first kappa shape index (κ1) is 33.1. The van der Waals surface area contributed by atoms with E-state index in [0.29, 0.717) is 18.4 Å². The minimum Gasteiger partial charge on any atom is -0.508 e. The van der Waals surface area contributed by atoms with Crippen molar-refractivity contribution in [3.05, 3.63) is 59.7 Å². The zero-order valence-electron chi connectivity index (χ0n) is 24.0. The lowest BCUT2D eigenvalue weighted by Crippen LogP contribution is -2.59. The van der Waals surface area contributed by atoms with Crippen LogP contribution in [0.5, 0.6) is 11.5 Å². The van der Waals surface area contributed by atoms with E-state index in [1.807, 2.05) is 13.8 Å². The predicted octanol–water partition coefficient (Wildman–Crippen LogP) is 1.84. The lowest BCUT2D eigenvalue weighted by Gasteiger charge is -2.28. The molecule has 0 aliphatic carbocycles. The maximum absolute atomic E-state index is 13.5. The van der Waals surface area contributed by atoms with Crippen LogP contribution in [0.1, 0.15) is 51.7 Å². The second-order valence-corrected chi connectivity index (χ2v) is 10.5. The summed E-state index contributed by atoms with van der Waals surface area (Å²) < 4.78 is 0. The van der Waals surface area contributed by atoms with Crippen molar-refractivity contribution in [2.75, 3.05) is 0 Å². The number of carbonyl (C=O) groups excluding carboxylic acids is 3. The van der Waals surface area contributed by atoms with Crippen molar-refractivity contribution in [2.24, 2.45) is 17.6 Å². The number of phenols is 2. The van der Waals surface area contributed by atoms with Gasteiger partial charge >= 0.3 is 5.97 Å². The van der Waals surface area contributed by atoms with Gasteiger partial charge in [0.25, 0.3) is 0 Å². The maximum Gasteiger partial charge on any atom is 0.326 e. The molecule has 6 unspecified atom stereocenters. The number of aliphatic carboxylic acids is 1. The molecule has 0 heterocycles. The van der Waals surface area contributed by atoms with Crippen molar-refractivity contribution in [2.45, 2.75) is 77.5 Å².